The van der Waals surface area contributed by atoms with Crippen LogP contribution in [0.3, 0.4) is 0 Å². The number of aryl methyl sites for hydroxylation is 1. The number of pyridine rings is 1. The third-order valence-corrected chi connectivity index (χ3v) is 3.72. The summed E-state index contributed by atoms with van der Waals surface area (Å²) < 4.78 is 5.72. The number of likely N-dealkylation sites (N-methyl/N-ethyl adjacent to an activating group) is 1. The van der Waals surface area contributed by atoms with Crippen molar-refractivity contribution in [2.45, 2.75) is 58.7 Å². The van der Waals surface area contributed by atoms with Gasteiger partial charge in [0.2, 0.25) is 0 Å². The molecule has 0 aromatic carbocycles. The number of ether oxygens (including phenoxy) is 1. The number of anilines is 1. The van der Waals surface area contributed by atoms with Gasteiger partial charge in [-0.05, 0) is 58.2 Å². The van der Waals surface area contributed by atoms with E-state index in [2.05, 4.69) is 62.1 Å². The van der Waals surface area contributed by atoms with Crippen LogP contribution in [0.5, 0.6) is 0 Å². The Hall–Kier alpha value is -1.13. The zero-order chi connectivity index (χ0) is 15.5. The van der Waals surface area contributed by atoms with Gasteiger partial charge in [-0.15, -0.1) is 0 Å². The third-order valence-electron chi connectivity index (χ3n) is 3.72. The molecule has 0 aliphatic carbocycles. The second-order valence-electron chi connectivity index (χ2n) is 7.09. The summed E-state index contributed by atoms with van der Waals surface area (Å²) in [6.07, 6.45) is 2.70. The molecule has 1 unspecified atom stereocenters. The lowest BCUT2D eigenvalue weighted by Crippen LogP contribution is -2.35. The highest BCUT2D eigenvalue weighted by Crippen LogP contribution is 2.18. The highest BCUT2D eigenvalue weighted by molar-refractivity contribution is 5.42. The standard InChI is InChI=1S/C17H29N3O/c1-13-9-14(11-18-17(2,3)4)10-16(19-13)20(5)12-15-7-6-8-21-15/h9-10,15,18H,6-8,11-12H2,1-5H3. The van der Waals surface area contributed by atoms with E-state index < -0.39 is 0 Å². The van der Waals surface area contributed by atoms with E-state index >= 15 is 0 Å². The summed E-state index contributed by atoms with van der Waals surface area (Å²) in [6.45, 7) is 11.3. The monoisotopic (exact) mass is 291 g/mol. The van der Waals surface area contributed by atoms with Crippen LogP contribution >= 0.6 is 0 Å². The summed E-state index contributed by atoms with van der Waals surface area (Å²) in [5, 5.41) is 3.53. The van der Waals surface area contributed by atoms with Gasteiger partial charge in [-0.3, -0.25) is 0 Å². The predicted octanol–water partition coefficient (Wildman–Crippen LogP) is 2.89. The Morgan fingerprint density at radius 1 is 1.38 bits per heavy atom. The number of hydrogen-bond donors (Lipinski definition) is 1. The van der Waals surface area contributed by atoms with Crippen LogP contribution in [0.4, 0.5) is 5.82 Å². The molecule has 118 valence electrons. The molecule has 1 aromatic heterocycles. The van der Waals surface area contributed by atoms with Crippen molar-refractivity contribution in [2.24, 2.45) is 0 Å². The van der Waals surface area contributed by atoms with Crippen LogP contribution in [0.25, 0.3) is 0 Å². The molecule has 1 aliphatic rings. The molecule has 4 heteroatoms. The Morgan fingerprint density at radius 3 is 2.76 bits per heavy atom. The van der Waals surface area contributed by atoms with Crippen LogP contribution < -0.4 is 10.2 Å². The maximum absolute atomic E-state index is 5.72. The molecule has 1 aliphatic heterocycles. The van der Waals surface area contributed by atoms with Gasteiger partial charge in [0, 0.05) is 38.0 Å². The average Bonchev–Trinajstić information content (AvgIpc) is 2.88. The van der Waals surface area contributed by atoms with Crippen molar-refractivity contribution in [3.05, 3.63) is 23.4 Å². The molecule has 1 fully saturated rings. The zero-order valence-corrected chi connectivity index (χ0v) is 14.1. The smallest absolute Gasteiger partial charge is 0.128 e. The summed E-state index contributed by atoms with van der Waals surface area (Å²) in [5.41, 5.74) is 2.48. The van der Waals surface area contributed by atoms with Crippen molar-refractivity contribution < 1.29 is 4.74 Å². The van der Waals surface area contributed by atoms with E-state index in [9.17, 15) is 0 Å². The van der Waals surface area contributed by atoms with Gasteiger partial charge in [0.15, 0.2) is 0 Å². The van der Waals surface area contributed by atoms with E-state index in [1.165, 1.54) is 12.0 Å². The van der Waals surface area contributed by atoms with Crippen molar-refractivity contribution in [3.8, 4) is 0 Å². The first-order valence-corrected chi connectivity index (χ1v) is 7.89. The normalized spacial score (nSPS) is 19.0. The topological polar surface area (TPSA) is 37.4 Å². The highest BCUT2D eigenvalue weighted by atomic mass is 16.5. The SMILES string of the molecule is Cc1cc(CNC(C)(C)C)cc(N(C)CC2CCCO2)n1. The van der Waals surface area contributed by atoms with Gasteiger partial charge in [-0.25, -0.2) is 4.98 Å². The Labute approximate surface area is 128 Å². The van der Waals surface area contributed by atoms with E-state index in [4.69, 9.17) is 4.74 Å². The van der Waals surface area contributed by atoms with Crippen molar-refractivity contribution in [1.82, 2.24) is 10.3 Å². The fraction of sp³-hybridized carbons (Fsp3) is 0.706. The quantitative estimate of drug-likeness (QED) is 0.905. The molecule has 1 aromatic rings. The maximum atomic E-state index is 5.72. The van der Waals surface area contributed by atoms with Crippen LogP contribution in [0.2, 0.25) is 0 Å². The number of hydrogen-bond acceptors (Lipinski definition) is 4. The van der Waals surface area contributed by atoms with E-state index in [1.54, 1.807) is 0 Å². The van der Waals surface area contributed by atoms with E-state index in [0.29, 0.717) is 6.10 Å². The molecule has 0 spiro atoms. The molecule has 2 heterocycles. The lowest BCUT2D eigenvalue weighted by molar-refractivity contribution is 0.116. The average molecular weight is 291 g/mol. The molecule has 1 saturated heterocycles. The molecule has 0 bridgehead atoms. The van der Waals surface area contributed by atoms with E-state index in [0.717, 1.165) is 37.6 Å². The molecule has 0 amide bonds. The molecular formula is C17H29N3O. The molecule has 1 atom stereocenters. The van der Waals surface area contributed by atoms with Crippen LogP contribution in [-0.4, -0.2) is 36.8 Å². The van der Waals surface area contributed by atoms with E-state index in [1.807, 2.05) is 0 Å². The number of nitrogens with zero attached hydrogens (tertiary/aromatic N) is 2. The van der Waals surface area contributed by atoms with Gasteiger partial charge in [-0.2, -0.15) is 0 Å². The maximum Gasteiger partial charge on any atom is 0.128 e. The van der Waals surface area contributed by atoms with Crippen molar-refractivity contribution in [3.63, 3.8) is 0 Å². The largest absolute Gasteiger partial charge is 0.376 e. The minimum absolute atomic E-state index is 0.126. The van der Waals surface area contributed by atoms with Crippen molar-refractivity contribution in [1.29, 1.82) is 0 Å². The predicted molar refractivity (Wildman–Crippen MR) is 87.8 cm³/mol. The summed E-state index contributed by atoms with van der Waals surface area (Å²) in [7, 11) is 2.10. The number of nitrogens with one attached hydrogen (secondary N) is 1. The minimum atomic E-state index is 0.126. The fourth-order valence-electron chi connectivity index (χ4n) is 2.57. The second-order valence-corrected chi connectivity index (χ2v) is 7.09. The molecule has 2 rings (SSSR count). The first-order chi connectivity index (χ1) is 9.83. The second kappa shape index (κ2) is 6.75. The molecule has 0 saturated carbocycles. The summed E-state index contributed by atoms with van der Waals surface area (Å²) >= 11 is 0. The van der Waals surface area contributed by atoms with Crippen LogP contribution in [0, 0.1) is 6.92 Å². The van der Waals surface area contributed by atoms with Crippen LogP contribution in [0.1, 0.15) is 44.9 Å². The summed E-state index contributed by atoms with van der Waals surface area (Å²) in [5.74, 6) is 1.04. The summed E-state index contributed by atoms with van der Waals surface area (Å²) in [4.78, 5) is 6.87. The molecular weight excluding hydrogens is 262 g/mol. The van der Waals surface area contributed by atoms with Crippen LogP contribution in [-0.2, 0) is 11.3 Å². The van der Waals surface area contributed by atoms with Crippen LogP contribution in [0.15, 0.2) is 12.1 Å². The Balaban J connectivity index is 2.03. The van der Waals surface area contributed by atoms with Gasteiger partial charge in [0.05, 0.1) is 6.10 Å². The lowest BCUT2D eigenvalue weighted by Gasteiger charge is -2.24. The zero-order valence-electron chi connectivity index (χ0n) is 14.1. The molecule has 0 radical (unpaired) electrons. The highest BCUT2D eigenvalue weighted by Gasteiger charge is 2.18. The van der Waals surface area contributed by atoms with Crippen molar-refractivity contribution in [2.75, 3.05) is 25.1 Å². The van der Waals surface area contributed by atoms with Gasteiger partial charge in [0.1, 0.15) is 5.82 Å². The Bertz CT molecular complexity index is 462. The number of rotatable bonds is 5. The molecule has 4 nitrogen and oxygen atoms in total. The summed E-state index contributed by atoms with van der Waals surface area (Å²) in [6, 6.07) is 4.34. The number of aromatic nitrogens is 1. The van der Waals surface area contributed by atoms with Gasteiger partial charge in [-0.1, -0.05) is 0 Å². The molecule has 1 N–H and O–H groups in total. The Kier molecular flexibility index (Phi) is 5.22. The van der Waals surface area contributed by atoms with E-state index in [-0.39, 0.29) is 5.54 Å². The minimum Gasteiger partial charge on any atom is -0.376 e. The van der Waals surface area contributed by atoms with Crippen molar-refractivity contribution >= 4 is 5.82 Å². The first-order valence-electron chi connectivity index (χ1n) is 7.89. The Morgan fingerprint density at radius 2 is 2.14 bits per heavy atom. The van der Waals surface area contributed by atoms with Gasteiger partial charge < -0.3 is 15.0 Å². The lowest BCUT2D eigenvalue weighted by atomic mass is 10.1. The first kappa shape index (κ1) is 16.2. The van der Waals surface area contributed by atoms with Gasteiger partial charge in [0.25, 0.3) is 0 Å². The molecule has 21 heavy (non-hydrogen) atoms. The van der Waals surface area contributed by atoms with Gasteiger partial charge >= 0.3 is 0 Å². The third kappa shape index (κ3) is 5.29. The fourth-order valence-corrected chi connectivity index (χ4v) is 2.57.